The Morgan fingerprint density at radius 3 is 2.67 bits per heavy atom. The van der Waals surface area contributed by atoms with Gasteiger partial charge >= 0.3 is 0 Å². The molecule has 0 radical (unpaired) electrons. The van der Waals surface area contributed by atoms with Crippen molar-refractivity contribution in [2.24, 2.45) is 0 Å². The molecule has 1 aliphatic rings. The molecule has 0 atom stereocenters. The van der Waals surface area contributed by atoms with Crippen molar-refractivity contribution in [2.75, 3.05) is 11.6 Å². The van der Waals surface area contributed by atoms with Crippen molar-refractivity contribution in [3.05, 3.63) is 79.3 Å². The van der Waals surface area contributed by atoms with Gasteiger partial charge in [-0.25, -0.2) is 0 Å². The van der Waals surface area contributed by atoms with Crippen molar-refractivity contribution in [1.82, 2.24) is 4.90 Å². The lowest BCUT2D eigenvalue weighted by molar-refractivity contribution is 0.517. The predicted molar refractivity (Wildman–Crippen MR) is 77.9 cm³/mol. The highest BCUT2D eigenvalue weighted by Crippen LogP contribution is 2.21. The zero-order valence-corrected chi connectivity index (χ0v) is 10.7. The highest BCUT2D eigenvalue weighted by atomic mass is 15.3. The van der Waals surface area contributed by atoms with Gasteiger partial charge in [0.25, 0.3) is 0 Å². The Labute approximate surface area is 109 Å². The summed E-state index contributed by atoms with van der Waals surface area (Å²) < 4.78 is 0. The number of nitrogens with zero attached hydrogens (tertiary/aromatic N) is 2. The Balaban J connectivity index is 2.07. The molecule has 0 saturated heterocycles. The summed E-state index contributed by atoms with van der Waals surface area (Å²) in [7, 11) is 0. The van der Waals surface area contributed by atoms with Gasteiger partial charge in [-0.3, -0.25) is 0 Å². The molecule has 0 fully saturated rings. The first kappa shape index (κ1) is 12.2. The summed E-state index contributed by atoms with van der Waals surface area (Å²) >= 11 is 0. The predicted octanol–water partition coefficient (Wildman–Crippen LogP) is 3.88. The van der Waals surface area contributed by atoms with Gasteiger partial charge < -0.3 is 9.80 Å². The van der Waals surface area contributed by atoms with Gasteiger partial charge in [-0.15, -0.1) is 0 Å². The minimum Gasteiger partial charge on any atom is -0.328 e. The summed E-state index contributed by atoms with van der Waals surface area (Å²) in [6.45, 7) is 6.58. The molecule has 0 spiro atoms. The monoisotopic (exact) mass is 238 g/mol. The Bertz CT molecular complexity index is 483. The molecule has 1 aromatic rings. The number of anilines is 1. The molecule has 0 unspecified atom stereocenters. The van der Waals surface area contributed by atoms with E-state index < -0.39 is 0 Å². The van der Waals surface area contributed by atoms with Crippen LogP contribution in [0.5, 0.6) is 0 Å². The van der Waals surface area contributed by atoms with E-state index in [1.165, 1.54) is 11.4 Å². The zero-order chi connectivity index (χ0) is 12.8. The maximum atomic E-state index is 3.70. The molecule has 0 saturated carbocycles. The Morgan fingerprint density at radius 2 is 2.00 bits per heavy atom. The fraction of sp³-hybridized carbons (Fsp3) is 0.125. The first-order valence-electron chi connectivity index (χ1n) is 6.07. The first-order valence-corrected chi connectivity index (χ1v) is 6.07. The number of hydrogen-bond donors (Lipinski definition) is 0. The molecule has 1 aromatic carbocycles. The number of benzene rings is 1. The van der Waals surface area contributed by atoms with Crippen LogP contribution in [0.1, 0.15) is 6.92 Å². The second kappa shape index (κ2) is 5.92. The van der Waals surface area contributed by atoms with Gasteiger partial charge in [0.05, 0.1) is 6.67 Å². The van der Waals surface area contributed by atoms with Gasteiger partial charge in [0.2, 0.25) is 0 Å². The molecule has 0 amide bonds. The van der Waals surface area contributed by atoms with E-state index in [-0.39, 0.29) is 0 Å². The van der Waals surface area contributed by atoms with Gasteiger partial charge in [-0.05, 0) is 25.1 Å². The van der Waals surface area contributed by atoms with Crippen LogP contribution in [0.4, 0.5) is 5.69 Å². The summed E-state index contributed by atoms with van der Waals surface area (Å²) in [6, 6.07) is 10.4. The molecular formula is C16H18N2. The lowest BCUT2D eigenvalue weighted by atomic mass is 10.3. The molecule has 0 aliphatic carbocycles. The van der Waals surface area contributed by atoms with Crippen LogP contribution in [-0.4, -0.2) is 11.6 Å². The van der Waals surface area contributed by atoms with Crippen LogP contribution in [0, 0.1) is 0 Å². The average molecular weight is 238 g/mol. The third-order valence-electron chi connectivity index (χ3n) is 2.85. The van der Waals surface area contributed by atoms with Crippen LogP contribution < -0.4 is 4.90 Å². The molecule has 92 valence electrons. The molecule has 0 N–H and O–H groups in total. The fourth-order valence-corrected chi connectivity index (χ4v) is 1.90. The molecule has 2 heteroatoms. The number of rotatable bonds is 4. The van der Waals surface area contributed by atoms with E-state index >= 15 is 0 Å². The highest BCUT2D eigenvalue weighted by molar-refractivity contribution is 5.50. The Kier molecular flexibility index (Phi) is 4.02. The molecule has 1 heterocycles. The zero-order valence-electron chi connectivity index (χ0n) is 10.7. The van der Waals surface area contributed by atoms with Gasteiger partial charge in [0.1, 0.15) is 0 Å². The van der Waals surface area contributed by atoms with E-state index in [9.17, 15) is 0 Å². The molecular weight excluding hydrogens is 220 g/mol. The Morgan fingerprint density at radius 1 is 1.22 bits per heavy atom. The largest absolute Gasteiger partial charge is 0.328 e. The van der Waals surface area contributed by atoms with E-state index in [1.54, 1.807) is 6.08 Å². The highest BCUT2D eigenvalue weighted by Gasteiger charge is 2.14. The van der Waals surface area contributed by atoms with Crippen LogP contribution in [0.15, 0.2) is 79.3 Å². The summed E-state index contributed by atoms with van der Waals surface area (Å²) in [5.74, 6) is 0. The summed E-state index contributed by atoms with van der Waals surface area (Å²) in [5.41, 5.74) is 2.38. The third-order valence-corrected chi connectivity index (χ3v) is 2.85. The first-order chi connectivity index (χ1) is 8.85. The van der Waals surface area contributed by atoms with E-state index in [4.69, 9.17) is 0 Å². The molecule has 1 aliphatic heterocycles. The second-order valence-electron chi connectivity index (χ2n) is 4.02. The summed E-state index contributed by atoms with van der Waals surface area (Å²) in [6.07, 6.45) is 12.1. The van der Waals surface area contributed by atoms with Crippen molar-refractivity contribution in [3.63, 3.8) is 0 Å². The summed E-state index contributed by atoms with van der Waals surface area (Å²) in [5, 5.41) is 0. The SMILES string of the molecule is C=C/C=C\C(=C/C)N1C=CN(c2ccccc2)C1. The quantitative estimate of drug-likeness (QED) is 0.734. The van der Waals surface area contributed by atoms with E-state index in [2.05, 4.69) is 65.2 Å². The van der Waals surface area contributed by atoms with Crippen LogP contribution >= 0.6 is 0 Å². The number of para-hydroxylation sites is 1. The average Bonchev–Trinajstić information content (AvgIpc) is 2.90. The van der Waals surface area contributed by atoms with Crippen LogP contribution in [0.3, 0.4) is 0 Å². The van der Waals surface area contributed by atoms with Crippen LogP contribution in [0.25, 0.3) is 0 Å². The minimum absolute atomic E-state index is 0.838. The van der Waals surface area contributed by atoms with E-state index in [0.29, 0.717) is 0 Å². The minimum atomic E-state index is 0.838. The van der Waals surface area contributed by atoms with Crippen LogP contribution in [0.2, 0.25) is 0 Å². The van der Waals surface area contributed by atoms with Crippen molar-refractivity contribution in [1.29, 1.82) is 0 Å². The van der Waals surface area contributed by atoms with Gasteiger partial charge in [0, 0.05) is 23.8 Å². The van der Waals surface area contributed by atoms with Crippen molar-refractivity contribution < 1.29 is 0 Å². The molecule has 2 rings (SSSR count). The fourth-order valence-electron chi connectivity index (χ4n) is 1.90. The normalized spacial score (nSPS) is 15.7. The lowest BCUT2D eigenvalue weighted by Crippen LogP contribution is -2.23. The standard InChI is InChI=1S/C16H18N2/c1-3-5-9-15(4-2)17-12-13-18(14-17)16-10-7-6-8-11-16/h3-13H,1,14H2,2H3/b9-5-,15-4+. The number of allylic oxidation sites excluding steroid dienone is 4. The van der Waals surface area contributed by atoms with E-state index in [0.717, 1.165) is 6.67 Å². The maximum Gasteiger partial charge on any atom is 0.0989 e. The molecule has 0 aromatic heterocycles. The molecule has 0 bridgehead atoms. The van der Waals surface area contributed by atoms with Gasteiger partial charge in [0.15, 0.2) is 0 Å². The van der Waals surface area contributed by atoms with Gasteiger partial charge in [-0.2, -0.15) is 0 Å². The van der Waals surface area contributed by atoms with Gasteiger partial charge in [-0.1, -0.05) is 43.0 Å². The van der Waals surface area contributed by atoms with Crippen LogP contribution in [-0.2, 0) is 0 Å². The second-order valence-corrected chi connectivity index (χ2v) is 4.02. The van der Waals surface area contributed by atoms with Crippen molar-refractivity contribution >= 4 is 5.69 Å². The maximum absolute atomic E-state index is 3.70. The molecule has 18 heavy (non-hydrogen) atoms. The topological polar surface area (TPSA) is 6.48 Å². The smallest absolute Gasteiger partial charge is 0.0989 e. The van der Waals surface area contributed by atoms with Crippen molar-refractivity contribution in [3.8, 4) is 0 Å². The Hall–Kier alpha value is -2.22. The number of hydrogen-bond acceptors (Lipinski definition) is 2. The van der Waals surface area contributed by atoms with E-state index in [1.807, 2.05) is 19.1 Å². The third kappa shape index (κ3) is 2.72. The van der Waals surface area contributed by atoms with Crippen molar-refractivity contribution in [2.45, 2.75) is 6.92 Å². The lowest BCUT2D eigenvalue weighted by Gasteiger charge is -2.22. The summed E-state index contributed by atoms with van der Waals surface area (Å²) in [4.78, 5) is 4.41. The molecule has 2 nitrogen and oxygen atoms in total.